The van der Waals surface area contributed by atoms with E-state index in [1.807, 2.05) is 13.0 Å². The molecule has 0 aliphatic carbocycles. The average Bonchev–Trinajstić information content (AvgIpc) is 3.08. The fourth-order valence-electron chi connectivity index (χ4n) is 4.06. The summed E-state index contributed by atoms with van der Waals surface area (Å²) < 4.78 is 18.6. The van der Waals surface area contributed by atoms with Gasteiger partial charge in [-0.1, -0.05) is 23.8 Å². The molecule has 7 heteroatoms. The number of aromatic nitrogens is 1. The van der Waals surface area contributed by atoms with Crippen molar-refractivity contribution in [2.24, 2.45) is 0 Å². The van der Waals surface area contributed by atoms with Crippen molar-refractivity contribution in [3.8, 4) is 5.75 Å². The van der Waals surface area contributed by atoms with Gasteiger partial charge in [0, 0.05) is 18.9 Å². The van der Waals surface area contributed by atoms with Crippen LogP contribution in [-0.4, -0.2) is 40.3 Å². The lowest BCUT2D eigenvalue weighted by Gasteiger charge is -2.25. The second kappa shape index (κ2) is 9.24. The first-order valence-corrected chi connectivity index (χ1v) is 10.5. The summed E-state index contributed by atoms with van der Waals surface area (Å²) in [7, 11) is 1.48. The van der Waals surface area contributed by atoms with Crippen molar-refractivity contribution in [1.82, 2.24) is 9.88 Å². The number of nitrogens with zero attached hydrogens (tertiary/aromatic N) is 2. The molecule has 0 radical (unpaired) electrons. The van der Waals surface area contributed by atoms with Gasteiger partial charge in [0.25, 0.3) is 11.7 Å². The molecule has 1 aliphatic heterocycles. The van der Waals surface area contributed by atoms with Crippen LogP contribution in [0.3, 0.4) is 0 Å². The summed E-state index contributed by atoms with van der Waals surface area (Å²) in [6.45, 7) is 2.07. The van der Waals surface area contributed by atoms with Crippen LogP contribution in [-0.2, 0) is 16.0 Å². The molecule has 1 unspecified atom stereocenters. The number of Topliss-reactive ketones (excluding diaryl/α,β-unsaturated/α-hetero) is 1. The Balaban J connectivity index is 1.80. The molecular weight excluding hydrogens is 423 g/mol. The molecule has 33 heavy (non-hydrogen) atoms. The van der Waals surface area contributed by atoms with E-state index in [0.29, 0.717) is 23.3 Å². The standard InChI is InChI=1S/C26H23FN2O4/c1-16-3-8-21(33-2)20(15-16)24(30)22-23(18-9-12-28-13-10-18)29(26(32)25(22)31)14-11-17-4-6-19(27)7-5-17/h3-10,12-13,15,23,30H,11,14H2,1-2H3/b24-22+. The number of halogens is 1. The van der Waals surface area contributed by atoms with Gasteiger partial charge in [-0.05, 0) is 60.9 Å². The van der Waals surface area contributed by atoms with Gasteiger partial charge >= 0.3 is 0 Å². The van der Waals surface area contributed by atoms with Crippen LogP contribution in [0.2, 0.25) is 0 Å². The highest BCUT2D eigenvalue weighted by Gasteiger charge is 2.46. The minimum atomic E-state index is -0.793. The highest BCUT2D eigenvalue weighted by Crippen LogP contribution is 2.41. The number of aliphatic hydroxyl groups excluding tert-OH is 1. The van der Waals surface area contributed by atoms with Crippen molar-refractivity contribution < 1.29 is 23.8 Å². The molecule has 4 rings (SSSR count). The minimum Gasteiger partial charge on any atom is -0.507 e. The molecule has 1 saturated heterocycles. The summed E-state index contributed by atoms with van der Waals surface area (Å²) >= 11 is 0. The molecular formula is C26H23FN2O4. The number of aliphatic hydroxyl groups is 1. The van der Waals surface area contributed by atoms with Crippen LogP contribution in [0.5, 0.6) is 5.75 Å². The van der Waals surface area contributed by atoms with E-state index >= 15 is 0 Å². The Morgan fingerprint density at radius 2 is 1.79 bits per heavy atom. The number of likely N-dealkylation sites (tertiary alicyclic amines) is 1. The van der Waals surface area contributed by atoms with E-state index in [1.54, 1.807) is 48.8 Å². The number of ketones is 1. The summed E-state index contributed by atoms with van der Waals surface area (Å²) in [4.78, 5) is 31.7. The van der Waals surface area contributed by atoms with Crippen LogP contribution < -0.4 is 4.74 Å². The topological polar surface area (TPSA) is 79.7 Å². The maximum atomic E-state index is 13.3. The van der Waals surface area contributed by atoms with Gasteiger partial charge in [0.15, 0.2) is 0 Å². The van der Waals surface area contributed by atoms with Crippen LogP contribution in [0.4, 0.5) is 4.39 Å². The molecule has 1 aromatic heterocycles. The van der Waals surface area contributed by atoms with Crippen molar-refractivity contribution in [1.29, 1.82) is 0 Å². The van der Waals surface area contributed by atoms with Crippen molar-refractivity contribution in [3.63, 3.8) is 0 Å². The number of benzene rings is 2. The molecule has 6 nitrogen and oxygen atoms in total. The molecule has 1 N–H and O–H groups in total. The number of hydrogen-bond donors (Lipinski definition) is 1. The van der Waals surface area contributed by atoms with Crippen LogP contribution in [0.15, 0.2) is 72.6 Å². The molecule has 168 valence electrons. The van der Waals surface area contributed by atoms with Crippen molar-refractivity contribution >= 4 is 17.4 Å². The zero-order chi connectivity index (χ0) is 23.5. The molecule has 0 bridgehead atoms. The number of amides is 1. The fourth-order valence-corrected chi connectivity index (χ4v) is 4.06. The van der Waals surface area contributed by atoms with Crippen LogP contribution in [0, 0.1) is 12.7 Å². The fraction of sp³-hybridized carbons (Fsp3) is 0.192. The summed E-state index contributed by atoms with van der Waals surface area (Å²) in [5.41, 5.74) is 2.68. The number of hydrogen-bond acceptors (Lipinski definition) is 5. The highest BCUT2D eigenvalue weighted by molar-refractivity contribution is 6.46. The SMILES string of the molecule is COc1ccc(C)cc1/C(O)=C1\C(=O)C(=O)N(CCc2ccc(F)cc2)C1c1ccncc1. The predicted octanol–water partition coefficient (Wildman–Crippen LogP) is 4.20. The third-order valence-electron chi connectivity index (χ3n) is 5.73. The third-order valence-corrected chi connectivity index (χ3v) is 5.73. The first-order chi connectivity index (χ1) is 15.9. The molecule has 1 fully saturated rings. The Kier molecular flexibility index (Phi) is 6.22. The van der Waals surface area contributed by atoms with E-state index in [9.17, 15) is 19.1 Å². The van der Waals surface area contributed by atoms with Gasteiger partial charge in [-0.3, -0.25) is 14.6 Å². The van der Waals surface area contributed by atoms with Crippen molar-refractivity contribution in [2.75, 3.05) is 13.7 Å². The van der Waals surface area contributed by atoms with Gasteiger partial charge in [-0.15, -0.1) is 0 Å². The number of methoxy groups -OCH3 is 1. The summed E-state index contributed by atoms with van der Waals surface area (Å²) in [6, 6.07) is 13.9. The Morgan fingerprint density at radius 1 is 1.09 bits per heavy atom. The normalized spacial score (nSPS) is 17.4. The van der Waals surface area contributed by atoms with Crippen LogP contribution >= 0.6 is 0 Å². The second-order valence-corrected chi connectivity index (χ2v) is 7.85. The van der Waals surface area contributed by atoms with E-state index in [1.165, 1.54) is 24.1 Å². The van der Waals surface area contributed by atoms with E-state index in [0.717, 1.165) is 11.1 Å². The van der Waals surface area contributed by atoms with Gasteiger partial charge in [-0.2, -0.15) is 0 Å². The lowest BCUT2D eigenvalue weighted by atomic mass is 9.95. The Labute approximate surface area is 191 Å². The maximum absolute atomic E-state index is 13.3. The lowest BCUT2D eigenvalue weighted by Crippen LogP contribution is -2.31. The third kappa shape index (κ3) is 4.35. The number of rotatable bonds is 6. The molecule has 2 heterocycles. The van der Waals surface area contributed by atoms with E-state index in [4.69, 9.17) is 4.74 Å². The number of ether oxygens (including phenoxy) is 1. The zero-order valence-electron chi connectivity index (χ0n) is 18.3. The monoisotopic (exact) mass is 446 g/mol. The predicted molar refractivity (Wildman–Crippen MR) is 121 cm³/mol. The molecule has 0 saturated carbocycles. The summed E-state index contributed by atoms with van der Waals surface area (Å²) in [5.74, 6) is -1.71. The van der Waals surface area contributed by atoms with Crippen molar-refractivity contribution in [2.45, 2.75) is 19.4 Å². The molecule has 1 atom stereocenters. The van der Waals surface area contributed by atoms with Gasteiger partial charge in [0.1, 0.15) is 17.3 Å². The van der Waals surface area contributed by atoms with Crippen molar-refractivity contribution in [3.05, 3.63) is 101 Å². The summed E-state index contributed by atoms with van der Waals surface area (Å²) in [6.07, 6.45) is 3.56. The molecule has 3 aromatic rings. The average molecular weight is 446 g/mol. The second-order valence-electron chi connectivity index (χ2n) is 7.85. The van der Waals surface area contributed by atoms with E-state index < -0.39 is 17.7 Å². The molecule has 1 aliphatic rings. The molecule has 2 aromatic carbocycles. The first kappa shape index (κ1) is 22.2. The van der Waals surface area contributed by atoms with E-state index in [-0.39, 0.29) is 23.7 Å². The molecule has 0 spiro atoms. The smallest absolute Gasteiger partial charge is 0.295 e. The largest absolute Gasteiger partial charge is 0.507 e. The van der Waals surface area contributed by atoms with E-state index in [2.05, 4.69) is 4.98 Å². The number of aryl methyl sites for hydroxylation is 1. The number of carbonyl (C=O) groups is 2. The van der Waals surface area contributed by atoms with Gasteiger partial charge in [-0.25, -0.2) is 4.39 Å². The lowest BCUT2D eigenvalue weighted by molar-refractivity contribution is -0.139. The van der Waals surface area contributed by atoms with Crippen LogP contribution in [0.1, 0.15) is 28.3 Å². The number of pyridine rings is 1. The Morgan fingerprint density at radius 3 is 2.45 bits per heavy atom. The first-order valence-electron chi connectivity index (χ1n) is 10.5. The molecule has 1 amide bonds. The zero-order valence-corrected chi connectivity index (χ0v) is 18.3. The number of carbonyl (C=O) groups excluding carboxylic acids is 2. The summed E-state index contributed by atoms with van der Waals surface area (Å²) in [5, 5.41) is 11.3. The Hall–Kier alpha value is -4.00. The van der Waals surface area contributed by atoms with Gasteiger partial charge in [0.05, 0.1) is 24.3 Å². The highest BCUT2D eigenvalue weighted by atomic mass is 19.1. The Bertz CT molecular complexity index is 1220. The minimum absolute atomic E-state index is 0.00536. The van der Waals surface area contributed by atoms with Gasteiger partial charge in [0.2, 0.25) is 0 Å². The maximum Gasteiger partial charge on any atom is 0.295 e. The quantitative estimate of drug-likeness (QED) is 0.349. The van der Waals surface area contributed by atoms with Crippen LogP contribution in [0.25, 0.3) is 5.76 Å². The van der Waals surface area contributed by atoms with Gasteiger partial charge < -0.3 is 14.7 Å².